The Morgan fingerprint density at radius 3 is 2.78 bits per heavy atom. The summed E-state index contributed by atoms with van der Waals surface area (Å²) in [5, 5.41) is 6.76. The summed E-state index contributed by atoms with van der Waals surface area (Å²) in [4.78, 5) is 23.3. The zero-order valence-electron chi connectivity index (χ0n) is 18.7. The number of carbonyl (C=O) groups excluding carboxylic acids is 1. The summed E-state index contributed by atoms with van der Waals surface area (Å²) in [5.41, 5.74) is 0.517. The van der Waals surface area contributed by atoms with Crippen LogP contribution in [0.25, 0.3) is 10.9 Å². The van der Waals surface area contributed by atoms with Crippen LogP contribution in [0.1, 0.15) is 32.6 Å². The summed E-state index contributed by atoms with van der Waals surface area (Å²) in [6.07, 6.45) is 10.8. The molecular weight excluding hydrogens is 441 g/mol. The van der Waals surface area contributed by atoms with E-state index < -0.39 is 11.6 Å². The highest BCUT2D eigenvalue weighted by molar-refractivity contribution is 8.17. The van der Waals surface area contributed by atoms with E-state index in [1.165, 1.54) is 0 Å². The van der Waals surface area contributed by atoms with Gasteiger partial charge in [-0.1, -0.05) is 18.7 Å². The van der Waals surface area contributed by atoms with Crippen molar-refractivity contribution in [3.8, 4) is 0 Å². The maximum absolute atomic E-state index is 12.9. The zero-order chi connectivity index (χ0) is 22.6. The standard InChI is InChI=1S/C23H28N5O2PS/c1-22(15-28-19-13-24-10-7-17(19)11-26-28)8-4-9-23(14-22)16-27(21(29)30-23)20-6-5-18(12-25-20)31(2,3)32/h5-7,10-13H,4,8-9,14-16H2,1-3H3/t22-,23-/m0/s1. The molecule has 3 aromatic rings. The van der Waals surface area contributed by atoms with Gasteiger partial charge >= 0.3 is 6.09 Å². The van der Waals surface area contributed by atoms with Gasteiger partial charge in [0.15, 0.2) is 0 Å². The fourth-order valence-corrected chi connectivity index (χ4v) is 6.30. The van der Waals surface area contributed by atoms with Gasteiger partial charge in [0.05, 0.1) is 24.5 Å². The molecule has 1 spiro atoms. The third kappa shape index (κ3) is 3.95. The van der Waals surface area contributed by atoms with Crippen molar-refractivity contribution in [2.75, 3.05) is 24.8 Å². The summed E-state index contributed by atoms with van der Waals surface area (Å²) in [6.45, 7) is 7.74. The minimum atomic E-state index is -1.56. The minimum Gasteiger partial charge on any atom is -0.441 e. The Kier molecular flexibility index (Phi) is 5.13. The quantitative estimate of drug-likeness (QED) is 0.534. The Hall–Kier alpha value is -2.31. The van der Waals surface area contributed by atoms with Crippen molar-refractivity contribution < 1.29 is 9.53 Å². The predicted octanol–water partition coefficient (Wildman–Crippen LogP) is 4.17. The number of ether oxygens (including phenoxy) is 1. The van der Waals surface area contributed by atoms with Crippen LogP contribution in [-0.2, 0) is 23.1 Å². The molecule has 1 saturated heterocycles. The SMILES string of the molecule is C[C@]1(Cn2ncc3ccncc32)CCC[C@@]2(CN(c3ccc(P(C)(C)=S)cn3)C(=O)O2)C1. The number of rotatable bonds is 4. The topological polar surface area (TPSA) is 73.1 Å². The van der Waals surface area contributed by atoms with Gasteiger partial charge in [-0.2, -0.15) is 5.10 Å². The average Bonchev–Trinajstić information content (AvgIpc) is 3.28. The Bertz CT molecular complexity index is 1220. The first-order valence-electron chi connectivity index (χ1n) is 10.9. The molecular formula is C23H28N5O2PS. The second-order valence-corrected chi connectivity index (χ2v) is 15.9. The molecule has 4 heterocycles. The number of fused-ring (bicyclic) bond motifs is 1. The molecule has 0 bridgehead atoms. The lowest BCUT2D eigenvalue weighted by atomic mass is 9.68. The molecule has 168 valence electrons. The normalized spacial score (nSPS) is 26.1. The molecule has 32 heavy (non-hydrogen) atoms. The van der Waals surface area contributed by atoms with Crippen molar-refractivity contribution in [3.63, 3.8) is 0 Å². The largest absolute Gasteiger partial charge is 0.441 e. The number of carbonyl (C=O) groups is 1. The second-order valence-electron chi connectivity index (χ2n) is 9.94. The van der Waals surface area contributed by atoms with Gasteiger partial charge in [-0.25, -0.2) is 9.78 Å². The van der Waals surface area contributed by atoms with E-state index in [4.69, 9.17) is 16.5 Å². The zero-order valence-corrected chi connectivity index (χ0v) is 20.4. The van der Waals surface area contributed by atoms with Crippen molar-refractivity contribution in [1.82, 2.24) is 19.7 Å². The first-order chi connectivity index (χ1) is 15.2. The smallest absolute Gasteiger partial charge is 0.416 e. The first-order valence-corrected chi connectivity index (χ1v) is 14.6. The van der Waals surface area contributed by atoms with Gasteiger partial charge in [0.25, 0.3) is 0 Å². The van der Waals surface area contributed by atoms with Gasteiger partial charge in [-0.3, -0.25) is 14.6 Å². The van der Waals surface area contributed by atoms with Crippen LogP contribution in [0.3, 0.4) is 0 Å². The van der Waals surface area contributed by atoms with Crippen LogP contribution in [0.5, 0.6) is 0 Å². The molecule has 3 aromatic heterocycles. The van der Waals surface area contributed by atoms with Crippen LogP contribution in [0.15, 0.2) is 43.0 Å². The van der Waals surface area contributed by atoms with Gasteiger partial charge in [-0.15, -0.1) is 0 Å². The number of aromatic nitrogens is 4. The number of nitrogens with zero attached hydrogens (tertiary/aromatic N) is 5. The number of hydrogen-bond donors (Lipinski definition) is 0. The van der Waals surface area contributed by atoms with E-state index in [1.54, 1.807) is 11.1 Å². The van der Waals surface area contributed by atoms with Crippen LogP contribution in [0.2, 0.25) is 0 Å². The van der Waals surface area contributed by atoms with E-state index in [2.05, 4.69) is 35.3 Å². The summed E-state index contributed by atoms with van der Waals surface area (Å²) < 4.78 is 8.09. The number of pyridine rings is 2. The maximum atomic E-state index is 12.9. The lowest BCUT2D eigenvalue weighted by molar-refractivity contribution is -0.0274. The van der Waals surface area contributed by atoms with Crippen molar-refractivity contribution >= 4 is 46.0 Å². The van der Waals surface area contributed by atoms with Gasteiger partial charge in [0.2, 0.25) is 0 Å². The minimum absolute atomic E-state index is 0.0303. The highest BCUT2D eigenvalue weighted by Crippen LogP contribution is 2.47. The van der Waals surface area contributed by atoms with E-state index in [1.807, 2.05) is 41.5 Å². The molecule has 1 saturated carbocycles. The lowest BCUT2D eigenvalue weighted by Crippen LogP contribution is -2.45. The lowest BCUT2D eigenvalue weighted by Gasteiger charge is -2.42. The van der Waals surface area contributed by atoms with Gasteiger partial charge in [-0.05, 0) is 68.7 Å². The monoisotopic (exact) mass is 469 g/mol. The molecule has 5 rings (SSSR count). The summed E-state index contributed by atoms with van der Waals surface area (Å²) >= 11 is 5.61. The first kappa shape index (κ1) is 21.5. The van der Waals surface area contributed by atoms with E-state index in [-0.39, 0.29) is 11.5 Å². The molecule has 0 N–H and O–H groups in total. The maximum Gasteiger partial charge on any atom is 0.416 e. The fourth-order valence-electron chi connectivity index (χ4n) is 5.21. The van der Waals surface area contributed by atoms with Crippen LogP contribution in [-0.4, -0.2) is 51.3 Å². The molecule has 1 aliphatic heterocycles. The van der Waals surface area contributed by atoms with Crippen molar-refractivity contribution in [2.45, 2.75) is 44.8 Å². The van der Waals surface area contributed by atoms with Crippen LogP contribution in [0.4, 0.5) is 10.6 Å². The molecule has 1 amide bonds. The predicted molar refractivity (Wildman–Crippen MR) is 131 cm³/mol. The highest BCUT2D eigenvalue weighted by atomic mass is 32.4. The summed E-state index contributed by atoms with van der Waals surface area (Å²) in [5.74, 6) is 0.635. The van der Waals surface area contributed by atoms with E-state index in [9.17, 15) is 4.79 Å². The Morgan fingerprint density at radius 2 is 2.03 bits per heavy atom. The number of amides is 1. The highest BCUT2D eigenvalue weighted by Gasteiger charge is 2.52. The molecule has 0 unspecified atom stereocenters. The van der Waals surface area contributed by atoms with E-state index >= 15 is 0 Å². The Labute approximate surface area is 193 Å². The molecule has 0 aromatic carbocycles. The number of hydrogen-bond acceptors (Lipinski definition) is 6. The molecule has 7 nitrogen and oxygen atoms in total. The molecule has 9 heteroatoms. The third-order valence-electron chi connectivity index (χ3n) is 6.74. The van der Waals surface area contributed by atoms with Gasteiger partial charge in [0.1, 0.15) is 11.4 Å². The fraction of sp³-hybridized carbons (Fsp3) is 0.478. The average molecular weight is 470 g/mol. The summed E-state index contributed by atoms with van der Waals surface area (Å²) in [6, 6.07) is 4.32. The Balaban J connectivity index is 1.36. The van der Waals surface area contributed by atoms with Gasteiger partial charge < -0.3 is 4.74 Å². The molecule has 0 radical (unpaired) electrons. The van der Waals surface area contributed by atoms with E-state index in [0.29, 0.717) is 12.4 Å². The third-order valence-corrected chi connectivity index (χ3v) is 8.88. The molecule has 2 aliphatic rings. The van der Waals surface area contributed by atoms with Crippen LogP contribution >= 0.6 is 6.04 Å². The van der Waals surface area contributed by atoms with Crippen molar-refractivity contribution in [1.29, 1.82) is 0 Å². The van der Waals surface area contributed by atoms with Crippen molar-refractivity contribution in [2.24, 2.45) is 5.41 Å². The molecule has 2 atom stereocenters. The molecule has 1 aliphatic carbocycles. The van der Waals surface area contributed by atoms with E-state index in [0.717, 1.165) is 48.4 Å². The van der Waals surface area contributed by atoms with Crippen LogP contribution < -0.4 is 10.2 Å². The van der Waals surface area contributed by atoms with Gasteiger partial charge in [0, 0.05) is 29.6 Å². The number of anilines is 1. The van der Waals surface area contributed by atoms with Crippen molar-refractivity contribution in [3.05, 3.63) is 43.0 Å². The summed E-state index contributed by atoms with van der Waals surface area (Å²) in [7, 11) is 0. The second kappa shape index (κ2) is 7.63. The molecule has 2 fully saturated rings. The van der Waals surface area contributed by atoms with Crippen LogP contribution in [0, 0.1) is 5.41 Å². The Morgan fingerprint density at radius 1 is 1.19 bits per heavy atom.